The van der Waals surface area contributed by atoms with Crippen LogP contribution >= 0.6 is 0 Å². The van der Waals surface area contributed by atoms with Crippen LogP contribution in [0.15, 0.2) is 28.8 Å². The molecule has 4 heteroatoms. The maximum Gasteiger partial charge on any atom is 0.264 e. The van der Waals surface area contributed by atoms with E-state index in [9.17, 15) is 0 Å². The van der Waals surface area contributed by atoms with Gasteiger partial charge in [-0.15, -0.1) is 0 Å². The van der Waals surface area contributed by atoms with Gasteiger partial charge in [-0.05, 0) is 17.5 Å². The van der Waals surface area contributed by atoms with Gasteiger partial charge in [0.2, 0.25) is 0 Å². The Labute approximate surface area is 107 Å². The molecule has 2 rings (SSSR count). The van der Waals surface area contributed by atoms with Gasteiger partial charge in [-0.2, -0.15) is 4.98 Å². The third-order valence-corrected chi connectivity index (χ3v) is 2.72. The van der Waals surface area contributed by atoms with Crippen molar-refractivity contribution in [2.45, 2.75) is 39.7 Å². The minimum absolute atomic E-state index is 0.316. The maximum atomic E-state index is 5.75. The Hall–Kier alpha value is -1.84. The van der Waals surface area contributed by atoms with E-state index in [1.54, 1.807) is 0 Å². The smallest absolute Gasteiger partial charge is 0.264 e. The lowest BCUT2D eigenvalue weighted by Gasteiger charge is -2.12. The number of aryl methyl sites for hydroxylation is 1. The predicted molar refractivity (Wildman–Crippen MR) is 68.5 cm³/mol. The fourth-order valence-electron chi connectivity index (χ4n) is 1.72. The summed E-state index contributed by atoms with van der Waals surface area (Å²) in [6.07, 6.45) is 0.770. The van der Waals surface area contributed by atoms with E-state index in [1.807, 2.05) is 25.1 Å². The summed E-state index contributed by atoms with van der Waals surface area (Å²) < 4.78 is 10.8. The molecular weight excluding hydrogens is 228 g/mol. The summed E-state index contributed by atoms with van der Waals surface area (Å²) in [5.41, 5.74) is 1.19. The highest BCUT2D eigenvalue weighted by Gasteiger charge is 2.09. The third-order valence-electron chi connectivity index (χ3n) is 2.72. The van der Waals surface area contributed by atoms with Crippen LogP contribution in [0.4, 0.5) is 0 Å². The highest BCUT2D eigenvalue weighted by atomic mass is 16.5. The second-order valence-corrected chi connectivity index (χ2v) is 4.44. The minimum Gasteiger partial charge on any atom is -0.483 e. The van der Waals surface area contributed by atoms with E-state index in [-0.39, 0.29) is 0 Å². The van der Waals surface area contributed by atoms with Gasteiger partial charge in [-0.1, -0.05) is 44.1 Å². The summed E-state index contributed by atoms with van der Waals surface area (Å²) in [7, 11) is 0. The van der Waals surface area contributed by atoms with E-state index < -0.39 is 0 Å². The van der Waals surface area contributed by atoms with Gasteiger partial charge in [0, 0.05) is 6.42 Å². The molecule has 0 radical (unpaired) electrons. The maximum absolute atomic E-state index is 5.75. The Bertz CT molecular complexity index is 506. The molecule has 4 nitrogen and oxygen atoms in total. The summed E-state index contributed by atoms with van der Waals surface area (Å²) in [4.78, 5) is 4.22. The van der Waals surface area contributed by atoms with Crippen molar-refractivity contribution in [1.29, 1.82) is 0 Å². The largest absolute Gasteiger partial charge is 0.483 e. The Morgan fingerprint density at radius 2 is 2.06 bits per heavy atom. The van der Waals surface area contributed by atoms with Gasteiger partial charge in [0.15, 0.2) is 12.4 Å². The summed E-state index contributed by atoms with van der Waals surface area (Å²) in [6.45, 7) is 6.59. The zero-order valence-corrected chi connectivity index (χ0v) is 11.0. The average molecular weight is 246 g/mol. The van der Waals surface area contributed by atoms with Crippen LogP contribution < -0.4 is 4.74 Å². The quantitative estimate of drug-likeness (QED) is 0.811. The molecule has 18 heavy (non-hydrogen) atoms. The second kappa shape index (κ2) is 5.67. The summed E-state index contributed by atoms with van der Waals surface area (Å²) in [5, 5.41) is 3.84. The molecule has 96 valence electrons. The van der Waals surface area contributed by atoms with Crippen LogP contribution in [0.3, 0.4) is 0 Å². The van der Waals surface area contributed by atoms with Crippen LogP contribution in [0.2, 0.25) is 0 Å². The molecule has 0 atom stereocenters. The molecule has 1 aromatic heterocycles. The van der Waals surface area contributed by atoms with Crippen molar-refractivity contribution < 1.29 is 9.26 Å². The molecule has 0 aliphatic heterocycles. The van der Waals surface area contributed by atoms with Gasteiger partial charge in [0.25, 0.3) is 5.89 Å². The van der Waals surface area contributed by atoms with E-state index in [0.717, 1.165) is 12.2 Å². The summed E-state index contributed by atoms with van der Waals surface area (Å²) in [6, 6.07) is 8.02. The zero-order valence-electron chi connectivity index (χ0n) is 11.0. The van der Waals surface area contributed by atoms with Gasteiger partial charge in [0.05, 0.1) is 0 Å². The van der Waals surface area contributed by atoms with E-state index in [2.05, 4.69) is 30.1 Å². The lowest BCUT2D eigenvalue weighted by atomic mass is 10.0. The lowest BCUT2D eigenvalue weighted by Crippen LogP contribution is -2.00. The van der Waals surface area contributed by atoms with Crippen molar-refractivity contribution in [3.05, 3.63) is 41.5 Å². The van der Waals surface area contributed by atoms with Gasteiger partial charge >= 0.3 is 0 Å². The molecule has 0 fully saturated rings. The van der Waals surface area contributed by atoms with Crippen LogP contribution in [-0.2, 0) is 13.0 Å². The molecule has 0 unspecified atom stereocenters. The number of aromatic nitrogens is 2. The fraction of sp³-hybridized carbons (Fsp3) is 0.429. The lowest BCUT2D eigenvalue weighted by molar-refractivity contribution is 0.240. The number of para-hydroxylation sites is 1. The molecule has 0 saturated heterocycles. The first-order chi connectivity index (χ1) is 8.70. The molecule has 0 amide bonds. The van der Waals surface area contributed by atoms with Crippen molar-refractivity contribution in [2.24, 2.45) is 0 Å². The Morgan fingerprint density at radius 3 is 2.72 bits per heavy atom. The van der Waals surface area contributed by atoms with E-state index >= 15 is 0 Å². The number of hydrogen-bond acceptors (Lipinski definition) is 4. The average Bonchev–Trinajstić information content (AvgIpc) is 2.84. The number of rotatable bonds is 5. The standard InChI is InChI=1S/C14H18N2O2/c1-4-13-15-14(18-16-13)9-17-12-8-6-5-7-11(12)10(2)3/h5-8,10H,4,9H2,1-3H3. The van der Waals surface area contributed by atoms with Gasteiger partial charge in [0.1, 0.15) is 5.75 Å². The van der Waals surface area contributed by atoms with Crippen molar-refractivity contribution in [3.8, 4) is 5.75 Å². The number of ether oxygens (including phenoxy) is 1. The topological polar surface area (TPSA) is 48.2 Å². The summed E-state index contributed by atoms with van der Waals surface area (Å²) in [5.74, 6) is 2.54. The number of nitrogens with zero attached hydrogens (tertiary/aromatic N) is 2. The molecule has 0 aliphatic rings. The SMILES string of the molecule is CCc1noc(COc2ccccc2C(C)C)n1. The monoisotopic (exact) mass is 246 g/mol. The normalized spacial score (nSPS) is 10.9. The van der Waals surface area contributed by atoms with Crippen molar-refractivity contribution in [3.63, 3.8) is 0 Å². The molecule has 0 spiro atoms. The van der Waals surface area contributed by atoms with Crippen LogP contribution in [0, 0.1) is 0 Å². The molecule has 1 heterocycles. The zero-order chi connectivity index (χ0) is 13.0. The molecule has 1 aromatic carbocycles. The van der Waals surface area contributed by atoms with Crippen LogP contribution in [-0.4, -0.2) is 10.1 Å². The Balaban J connectivity index is 2.05. The highest BCUT2D eigenvalue weighted by molar-refractivity contribution is 5.35. The van der Waals surface area contributed by atoms with Crippen molar-refractivity contribution in [1.82, 2.24) is 10.1 Å². The van der Waals surface area contributed by atoms with Crippen LogP contribution in [0.5, 0.6) is 5.75 Å². The van der Waals surface area contributed by atoms with Crippen LogP contribution in [0.25, 0.3) is 0 Å². The molecular formula is C14H18N2O2. The highest BCUT2D eigenvalue weighted by Crippen LogP contribution is 2.26. The molecule has 0 saturated carbocycles. The number of hydrogen-bond donors (Lipinski definition) is 0. The van der Waals surface area contributed by atoms with Crippen LogP contribution in [0.1, 0.15) is 44.0 Å². The Kier molecular flexibility index (Phi) is 3.97. The van der Waals surface area contributed by atoms with Crippen molar-refractivity contribution >= 4 is 0 Å². The van der Waals surface area contributed by atoms with Gasteiger partial charge < -0.3 is 9.26 Å². The fourth-order valence-corrected chi connectivity index (χ4v) is 1.72. The number of benzene rings is 1. The molecule has 0 bridgehead atoms. The molecule has 0 aliphatic carbocycles. The van der Waals surface area contributed by atoms with Gasteiger partial charge in [-0.3, -0.25) is 0 Å². The Morgan fingerprint density at radius 1 is 1.28 bits per heavy atom. The van der Waals surface area contributed by atoms with Crippen molar-refractivity contribution in [2.75, 3.05) is 0 Å². The first-order valence-corrected chi connectivity index (χ1v) is 6.24. The first-order valence-electron chi connectivity index (χ1n) is 6.24. The predicted octanol–water partition coefficient (Wildman–Crippen LogP) is 3.33. The minimum atomic E-state index is 0.316. The van der Waals surface area contributed by atoms with E-state index in [1.165, 1.54) is 5.56 Å². The third kappa shape index (κ3) is 2.88. The van der Waals surface area contributed by atoms with E-state index in [0.29, 0.717) is 24.2 Å². The molecule has 2 aromatic rings. The van der Waals surface area contributed by atoms with Gasteiger partial charge in [-0.25, -0.2) is 0 Å². The first kappa shape index (κ1) is 12.6. The van der Waals surface area contributed by atoms with E-state index in [4.69, 9.17) is 9.26 Å². The summed E-state index contributed by atoms with van der Waals surface area (Å²) >= 11 is 0. The second-order valence-electron chi connectivity index (χ2n) is 4.44. The molecule has 0 N–H and O–H groups in total.